The first kappa shape index (κ1) is 14.1. The van der Waals surface area contributed by atoms with Gasteiger partial charge in [-0.05, 0) is 35.7 Å². The van der Waals surface area contributed by atoms with Crippen molar-refractivity contribution in [3.05, 3.63) is 65.7 Å². The molecule has 3 N–H and O–H groups in total. The van der Waals surface area contributed by atoms with Crippen LogP contribution in [0.3, 0.4) is 0 Å². The average Bonchev–Trinajstić information content (AvgIpc) is 2.46. The van der Waals surface area contributed by atoms with E-state index in [-0.39, 0.29) is 13.0 Å². The molecule has 1 aromatic carbocycles. The van der Waals surface area contributed by atoms with Crippen LogP contribution in [0.1, 0.15) is 11.1 Å². The number of aromatic nitrogens is 1. The molecule has 1 aromatic heterocycles. The molecule has 1 unspecified atom stereocenters. The summed E-state index contributed by atoms with van der Waals surface area (Å²) < 4.78 is 13.0. The van der Waals surface area contributed by atoms with Gasteiger partial charge in [-0.1, -0.05) is 18.2 Å². The van der Waals surface area contributed by atoms with Crippen LogP contribution in [0.4, 0.5) is 4.39 Å². The number of carboxylic acids is 1. The summed E-state index contributed by atoms with van der Waals surface area (Å²) in [5.41, 5.74) is 5.70. The van der Waals surface area contributed by atoms with Gasteiger partial charge in [0, 0.05) is 18.9 Å². The Morgan fingerprint density at radius 2 is 2.00 bits per heavy atom. The standard InChI is InChI=1S/C15H15FN2O2/c16-13-5-3-12(4-6-13)15(10-17,14(19)20)8-11-2-1-7-18-9-11/h1-7,9H,8,10,17H2,(H,19,20). The Bertz CT molecular complexity index is 587. The predicted octanol–water partition coefficient (Wildman–Crippen LogP) is 1.74. The fourth-order valence-electron chi connectivity index (χ4n) is 2.20. The molecular formula is C15H15FN2O2. The molecule has 2 aromatic rings. The zero-order chi connectivity index (χ0) is 14.6. The summed E-state index contributed by atoms with van der Waals surface area (Å²) in [5.74, 6) is -1.44. The van der Waals surface area contributed by atoms with E-state index in [2.05, 4.69) is 4.98 Å². The van der Waals surface area contributed by atoms with E-state index in [4.69, 9.17) is 5.73 Å². The summed E-state index contributed by atoms with van der Waals surface area (Å²) in [6, 6.07) is 8.95. The highest BCUT2D eigenvalue weighted by molar-refractivity contribution is 5.82. The van der Waals surface area contributed by atoms with Gasteiger partial charge < -0.3 is 10.8 Å². The maximum atomic E-state index is 13.0. The predicted molar refractivity (Wildman–Crippen MR) is 72.7 cm³/mol. The number of rotatable bonds is 5. The molecule has 0 amide bonds. The van der Waals surface area contributed by atoms with Crippen LogP contribution in [0.5, 0.6) is 0 Å². The third-order valence-corrected chi connectivity index (χ3v) is 3.38. The average molecular weight is 274 g/mol. The Kier molecular flexibility index (Phi) is 4.10. The first-order valence-corrected chi connectivity index (χ1v) is 6.17. The van der Waals surface area contributed by atoms with Gasteiger partial charge in [-0.25, -0.2) is 4.39 Å². The lowest BCUT2D eigenvalue weighted by atomic mass is 9.76. The highest BCUT2D eigenvalue weighted by Crippen LogP contribution is 2.28. The maximum Gasteiger partial charge on any atom is 0.315 e. The van der Waals surface area contributed by atoms with Crippen molar-refractivity contribution < 1.29 is 14.3 Å². The summed E-state index contributed by atoms with van der Waals surface area (Å²) in [4.78, 5) is 15.7. The van der Waals surface area contributed by atoms with Crippen LogP contribution in [0.2, 0.25) is 0 Å². The van der Waals surface area contributed by atoms with Crippen LogP contribution in [0, 0.1) is 5.82 Å². The van der Waals surface area contributed by atoms with Crippen molar-refractivity contribution in [2.24, 2.45) is 5.73 Å². The second kappa shape index (κ2) is 5.79. The lowest BCUT2D eigenvalue weighted by molar-refractivity contribution is -0.143. The normalized spacial score (nSPS) is 13.7. The molecule has 1 heterocycles. The Balaban J connectivity index is 2.45. The quantitative estimate of drug-likeness (QED) is 0.870. The molecule has 0 spiro atoms. The zero-order valence-electron chi connectivity index (χ0n) is 10.8. The summed E-state index contributed by atoms with van der Waals surface area (Å²) in [6.45, 7) is -0.0805. The number of nitrogens with zero attached hydrogens (tertiary/aromatic N) is 1. The van der Waals surface area contributed by atoms with Crippen molar-refractivity contribution in [2.75, 3.05) is 6.54 Å². The van der Waals surface area contributed by atoms with Gasteiger partial charge in [-0.15, -0.1) is 0 Å². The summed E-state index contributed by atoms with van der Waals surface area (Å²) in [5, 5.41) is 9.61. The smallest absolute Gasteiger partial charge is 0.315 e. The van der Waals surface area contributed by atoms with Gasteiger partial charge in [0.05, 0.1) is 0 Å². The third kappa shape index (κ3) is 2.67. The van der Waals surface area contributed by atoms with Crippen molar-refractivity contribution in [3.8, 4) is 0 Å². The number of aliphatic carboxylic acids is 1. The van der Waals surface area contributed by atoms with Gasteiger partial charge in [0.25, 0.3) is 0 Å². The lowest BCUT2D eigenvalue weighted by Gasteiger charge is -2.28. The highest BCUT2D eigenvalue weighted by atomic mass is 19.1. The van der Waals surface area contributed by atoms with E-state index < -0.39 is 17.2 Å². The molecule has 0 saturated carbocycles. The van der Waals surface area contributed by atoms with Crippen LogP contribution in [0.25, 0.3) is 0 Å². The van der Waals surface area contributed by atoms with Crippen molar-refractivity contribution in [1.29, 1.82) is 0 Å². The van der Waals surface area contributed by atoms with Crippen molar-refractivity contribution in [3.63, 3.8) is 0 Å². The van der Waals surface area contributed by atoms with Gasteiger partial charge in [0.15, 0.2) is 0 Å². The topological polar surface area (TPSA) is 76.2 Å². The molecule has 0 aliphatic rings. The molecular weight excluding hydrogens is 259 g/mol. The Morgan fingerprint density at radius 1 is 1.30 bits per heavy atom. The molecule has 104 valence electrons. The second-order valence-corrected chi connectivity index (χ2v) is 4.64. The van der Waals surface area contributed by atoms with Gasteiger partial charge in [-0.2, -0.15) is 0 Å². The lowest BCUT2D eigenvalue weighted by Crippen LogP contribution is -2.45. The minimum absolute atomic E-state index is 0.0805. The minimum Gasteiger partial charge on any atom is -0.481 e. The first-order valence-electron chi connectivity index (χ1n) is 6.17. The molecule has 20 heavy (non-hydrogen) atoms. The van der Waals surface area contributed by atoms with E-state index in [1.807, 2.05) is 0 Å². The van der Waals surface area contributed by atoms with Crippen molar-refractivity contribution in [1.82, 2.24) is 4.98 Å². The molecule has 0 aliphatic heterocycles. The summed E-state index contributed by atoms with van der Waals surface area (Å²) in [7, 11) is 0. The van der Waals surface area contributed by atoms with Crippen LogP contribution >= 0.6 is 0 Å². The number of hydrogen-bond donors (Lipinski definition) is 2. The van der Waals surface area contributed by atoms with Gasteiger partial charge in [-0.3, -0.25) is 9.78 Å². The van der Waals surface area contributed by atoms with Gasteiger partial charge in [0.2, 0.25) is 0 Å². The molecule has 2 rings (SSSR count). The Labute approximate surface area is 116 Å². The number of benzene rings is 1. The number of carbonyl (C=O) groups is 1. The number of hydrogen-bond acceptors (Lipinski definition) is 3. The van der Waals surface area contributed by atoms with Crippen LogP contribution in [-0.4, -0.2) is 22.6 Å². The number of carboxylic acid groups (broad SMARTS) is 1. The van der Waals surface area contributed by atoms with E-state index in [0.29, 0.717) is 5.56 Å². The molecule has 0 radical (unpaired) electrons. The van der Waals surface area contributed by atoms with Crippen LogP contribution < -0.4 is 5.73 Å². The third-order valence-electron chi connectivity index (χ3n) is 3.38. The number of nitrogens with two attached hydrogens (primary N) is 1. The van der Waals surface area contributed by atoms with E-state index in [1.54, 1.807) is 24.5 Å². The number of halogens is 1. The molecule has 1 atom stereocenters. The summed E-state index contributed by atoms with van der Waals surface area (Å²) in [6.07, 6.45) is 3.43. The minimum atomic E-state index is -1.28. The van der Waals surface area contributed by atoms with Gasteiger partial charge in [0.1, 0.15) is 11.2 Å². The van der Waals surface area contributed by atoms with E-state index in [9.17, 15) is 14.3 Å². The summed E-state index contributed by atoms with van der Waals surface area (Å²) >= 11 is 0. The van der Waals surface area contributed by atoms with E-state index in [0.717, 1.165) is 5.56 Å². The maximum absolute atomic E-state index is 13.0. The molecule has 0 fully saturated rings. The number of pyridine rings is 1. The van der Waals surface area contributed by atoms with E-state index in [1.165, 1.54) is 24.3 Å². The second-order valence-electron chi connectivity index (χ2n) is 4.64. The zero-order valence-corrected chi connectivity index (χ0v) is 10.8. The van der Waals surface area contributed by atoms with Crippen LogP contribution in [0.15, 0.2) is 48.8 Å². The molecule has 5 heteroatoms. The largest absolute Gasteiger partial charge is 0.481 e. The molecule has 0 aliphatic carbocycles. The van der Waals surface area contributed by atoms with E-state index >= 15 is 0 Å². The Morgan fingerprint density at radius 3 is 2.50 bits per heavy atom. The Hall–Kier alpha value is -2.27. The molecule has 4 nitrogen and oxygen atoms in total. The van der Waals surface area contributed by atoms with Crippen molar-refractivity contribution in [2.45, 2.75) is 11.8 Å². The van der Waals surface area contributed by atoms with Crippen LogP contribution in [-0.2, 0) is 16.6 Å². The fraction of sp³-hybridized carbons (Fsp3) is 0.200. The molecule has 0 bridgehead atoms. The van der Waals surface area contributed by atoms with Gasteiger partial charge >= 0.3 is 5.97 Å². The monoisotopic (exact) mass is 274 g/mol. The highest BCUT2D eigenvalue weighted by Gasteiger charge is 2.39. The van der Waals surface area contributed by atoms with Crippen molar-refractivity contribution >= 4 is 5.97 Å². The molecule has 0 saturated heterocycles. The first-order chi connectivity index (χ1) is 9.58. The SMILES string of the molecule is NCC(Cc1cccnc1)(C(=O)O)c1ccc(F)cc1. The fourth-order valence-corrected chi connectivity index (χ4v) is 2.20.